The van der Waals surface area contributed by atoms with E-state index in [4.69, 9.17) is 14.5 Å². The molecule has 1 aromatic rings. The van der Waals surface area contributed by atoms with Gasteiger partial charge in [-0.2, -0.15) is 22.1 Å². The molecule has 154 valence electrons. The number of rotatable bonds is 12. The molecular formula is C16H24F2N2O6S. The smallest absolute Gasteiger partial charge is 0.296 e. The average molecular weight is 410 g/mol. The van der Waals surface area contributed by atoms with Crippen LogP contribution in [0.3, 0.4) is 0 Å². The number of nitrogens with zero attached hydrogens (tertiary/aromatic N) is 1. The molecule has 0 aromatic heterocycles. The topological polar surface area (TPSA) is 86.3 Å². The number of benzene rings is 1. The molecule has 0 unspecified atom stereocenters. The quantitative estimate of drug-likeness (QED) is 0.416. The van der Waals surface area contributed by atoms with Gasteiger partial charge < -0.3 is 4.74 Å². The highest BCUT2D eigenvalue weighted by atomic mass is 32.2. The van der Waals surface area contributed by atoms with Gasteiger partial charge in [-0.3, -0.25) is 4.18 Å². The van der Waals surface area contributed by atoms with Crippen molar-refractivity contribution in [3.63, 3.8) is 0 Å². The minimum absolute atomic E-state index is 0.129. The monoisotopic (exact) mass is 410 g/mol. The Morgan fingerprint density at radius 2 is 1.96 bits per heavy atom. The summed E-state index contributed by atoms with van der Waals surface area (Å²) < 4.78 is 59.9. The molecule has 1 N–H and O–H groups in total. The first-order valence-electron chi connectivity index (χ1n) is 8.51. The molecule has 1 fully saturated rings. The number of ether oxygens (including phenoxy) is 1. The number of anilines is 1. The molecule has 27 heavy (non-hydrogen) atoms. The van der Waals surface area contributed by atoms with Crippen LogP contribution in [0, 0.1) is 0 Å². The van der Waals surface area contributed by atoms with Crippen molar-refractivity contribution >= 4 is 15.8 Å². The molecule has 1 aliphatic rings. The molecule has 0 atom stereocenters. The molecule has 0 saturated carbocycles. The third-order valence-corrected chi connectivity index (χ3v) is 4.23. The van der Waals surface area contributed by atoms with E-state index in [9.17, 15) is 17.2 Å². The number of alkyl halides is 2. The molecular weight excluding hydrogens is 386 g/mol. The molecule has 1 heterocycles. The van der Waals surface area contributed by atoms with Crippen molar-refractivity contribution in [2.24, 2.45) is 0 Å². The Morgan fingerprint density at radius 3 is 2.63 bits per heavy atom. The van der Waals surface area contributed by atoms with Gasteiger partial charge in [0.2, 0.25) is 0 Å². The first-order chi connectivity index (χ1) is 12.8. The van der Waals surface area contributed by atoms with E-state index in [0.29, 0.717) is 18.5 Å². The summed E-state index contributed by atoms with van der Waals surface area (Å²) in [5.41, 5.74) is 2.60. The number of nitrogens with one attached hydrogen (secondary N) is 1. The van der Waals surface area contributed by atoms with Crippen molar-refractivity contribution < 1.29 is 35.9 Å². The normalized spacial score (nSPS) is 15.4. The van der Waals surface area contributed by atoms with Crippen LogP contribution in [-0.4, -0.2) is 41.2 Å². The zero-order valence-electron chi connectivity index (χ0n) is 15.0. The van der Waals surface area contributed by atoms with E-state index in [0.717, 1.165) is 24.3 Å². The van der Waals surface area contributed by atoms with Crippen molar-refractivity contribution in [1.82, 2.24) is 5.48 Å². The zero-order chi connectivity index (χ0) is 19.8. The SMILES string of the molecule is CS(=O)(=O)OCCCCCCOCC(F)(F)c1cccc(N2OCNO2)c1. The van der Waals surface area contributed by atoms with E-state index in [-0.39, 0.29) is 25.5 Å². The molecule has 0 bridgehead atoms. The van der Waals surface area contributed by atoms with Crippen LogP contribution in [0.25, 0.3) is 0 Å². The van der Waals surface area contributed by atoms with Crippen molar-refractivity contribution in [1.29, 1.82) is 0 Å². The lowest BCUT2D eigenvalue weighted by Crippen LogP contribution is -2.23. The van der Waals surface area contributed by atoms with Gasteiger partial charge in [-0.25, -0.2) is 4.84 Å². The summed E-state index contributed by atoms with van der Waals surface area (Å²) >= 11 is 0. The van der Waals surface area contributed by atoms with E-state index in [1.807, 2.05) is 0 Å². The second-order valence-electron chi connectivity index (χ2n) is 6.01. The van der Waals surface area contributed by atoms with Gasteiger partial charge in [-0.05, 0) is 25.0 Å². The van der Waals surface area contributed by atoms with Gasteiger partial charge in [0.1, 0.15) is 6.61 Å². The standard InChI is InChI=1S/C16H24F2N2O6S/c1-27(21,22)25-10-5-3-2-4-9-23-12-16(17,18)14-7-6-8-15(11-14)20-24-13-19-26-20/h6-8,11,19H,2-5,9-10,12-13H2,1H3. The van der Waals surface area contributed by atoms with E-state index in [1.54, 1.807) is 6.07 Å². The predicted molar refractivity (Wildman–Crippen MR) is 93.1 cm³/mol. The predicted octanol–water partition coefficient (Wildman–Crippen LogP) is 2.48. The molecule has 1 saturated heterocycles. The number of hydrogen-bond acceptors (Lipinski definition) is 8. The van der Waals surface area contributed by atoms with Crippen LogP contribution >= 0.6 is 0 Å². The van der Waals surface area contributed by atoms with E-state index in [2.05, 4.69) is 9.66 Å². The lowest BCUT2D eigenvalue weighted by Gasteiger charge is -2.19. The Labute approximate surface area is 157 Å². The van der Waals surface area contributed by atoms with Gasteiger partial charge >= 0.3 is 0 Å². The molecule has 0 amide bonds. The number of hydrogen-bond donors (Lipinski definition) is 1. The second-order valence-corrected chi connectivity index (χ2v) is 7.66. The van der Waals surface area contributed by atoms with E-state index in [1.165, 1.54) is 18.2 Å². The minimum Gasteiger partial charge on any atom is -0.375 e. The highest BCUT2D eigenvalue weighted by Gasteiger charge is 2.32. The second kappa shape index (κ2) is 10.2. The molecule has 1 aliphatic heterocycles. The number of halogens is 2. The maximum absolute atomic E-state index is 14.3. The molecule has 0 aliphatic carbocycles. The summed E-state index contributed by atoms with van der Waals surface area (Å²) in [6.45, 7) is -0.268. The molecule has 0 spiro atoms. The maximum Gasteiger partial charge on any atom is 0.296 e. The summed E-state index contributed by atoms with van der Waals surface area (Å²) in [6.07, 6.45) is 3.67. The van der Waals surface area contributed by atoms with Gasteiger partial charge in [-0.1, -0.05) is 25.0 Å². The Morgan fingerprint density at radius 1 is 1.22 bits per heavy atom. The van der Waals surface area contributed by atoms with E-state index < -0.39 is 22.6 Å². The fraction of sp³-hybridized carbons (Fsp3) is 0.625. The first-order valence-corrected chi connectivity index (χ1v) is 10.3. The third kappa shape index (κ3) is 8.03. The summed E-state index contributed by atoms with van der Waals surface area (Å²) in [5.74, 6) is -3.15. The van der Waals surface area contributed by atoms with Crippen LogP contribution in [-0.2, 0) is 34.7 Å². The Hall–Kier alpha value is -1.37. The third-order valence-electron chi connectivity index (χ3n) is 3.63. The molecule has 8 nitrogen and oxygen atoms in total. The highest BCUT2D eigenvalue weighted by molar-refractivity contribution is 7.85. The lowest BCUT2D eigenvalue weighted by atomic mass is 10.1. The summed E-state index contributed by atoms with van der Waals surface area (Å²) in [5, 5.41) is 1.02. The summed E-state index contributed by atoms with van der Waals surface area (Å²) in [6, 6.07) is 5.67. The zero-order valence-corrected chi connectivity index (χ0v) is 15.8. The van der Waals surface area contributed by atoms with Crippen LogP contribution in [0.2, 0.25) is 0 Å². The Bertz CT molecular complexity index is 683. The van der Waals surface area contributed by atoms with Crippen molar-refractivity contribution in [2.45, 2.75) is 31.6 Å². The molecule has 1 aromatic carbocycles. The van der Waals surface area contributed by atoms with Crippen LogP contribution in [0.1, 0.15) is 31.2 Å². The summed E-state index contributed by atoms with van der Waals surface area (Å²) in [4.78, 5) is 9.98. The first kappa shape index (κ1) is 21.9. The molecule has 2 rings (SSSR count). The van der Waals surface area contributed by atoms with Crippen LogP contribution < -0.4 is 10.7 Å². The van der Waals surface area contributed by atoms with Gasteiger partial charge in [0.25, 0.3) is 16.0 Å². The van der Waals surface area contributed by atoms with Crippen LogP contribution in [0.4, 0.5) is 14.5 Å². The lowest BCUT2D eigenvalue weighted by molar-refractivity contribution is -0.0832. The summed E-state index contributed by atoms with van der Waals surface area (Å²) in [7, 11) is -3.41. The average Bonchev–Trinajstić information content (AvgIpc) is 3.14. The fourth-order valence-electron chi connectivity index (χ4n) is 2.32. The van der Waals surface area contributed by atoms with Gasteiger partial charge in [0.05, 0.1) is 18.6 Å². The molecule has 11 heteroatoms. The molecule has 0 radical (unpaired) electrons. The van der Waals surface area contributed by atoms with Crippen molar-refractivity contribution in [2.75, 3.05) is 38.0 Å². The number of hydroxylamine groups is 1. The van der Waals surface area contributed by atoms with Crippen molar-refractivity contribution in [3.05, 3.63) is 29.8 Å². The van der Waals surface area contributed by atoms with Crippen LogP contribution in [0.5, 0.6) is 0 Å². The number of unbranched alkanes of at least 4 members (excludes halogenated alkanes) is 3. The Kier molecular flexibility index (Phi) is 8.32. The maximum atomic E-state index is 14.3. The van der Waals surface area contributed by atoms with Gasteiger partial charge in [0.15, 0.2) is 6.73 Å². The van der Waals surface area contributed by atoms with Crippen LogP contribution in [0.15, 0.2) is 24.3 Å². The largest absolute Gasteiger partial charge is 0.375 e. The van der Waals surface area contributed by atoms with Gasteiger partial charge in [0, 0.05) is 12.2 Å². The fourth-order valence-corrected chi connectivity index (χ4v) is 2.74. The minimum atomic E-state index is -3.41. The van der Waals surface area contributed by atoms with E-state index >= 15 is 0 Å². The van der Waals surface area contributed by atoms with Crippen molar-refractivity contribution in [3.8, 4) is 0 Å². The highest BCUT2D eigenvalue weighted by Crippen LogP contribution is 2.31. The Balaban J connectivity index is 1.65. The van der Waals surface area contributed by atoms with Gasteiger partial charge in [-0.15, -0.1) is 10.7 Å².